The van der Waals surface area contributed by atoms with Crippen molar-refractivity contribution in [2.24, 2.45) is 0 Å². The highest BCUT2D eigenvalue weighted by atomic mass is 35.5. The average Bonchev–Trinajstić information content (AvgIpc) is 2.47. The Labute approximate surface area is 111 Å². The van der Waals surface area contributed by atoms with Crippen molar-refractivity contribution < 1.29 is 23.1 Å². The van der Waals surface area contributed by atoms with Crippen LogP contribution in [0.25, 0.3) is 0 Å². The van der Waals surface area contributed by atoms with Crippen molar-refractivity contribution in [1.29, 1.82) is 0 Å². The van der Waals surface area contributed by atoms with Crippen LogP contribution in [-0.4, -0.2) is 22.1 Å². The minimum Gasteiger partial charge on any atom is -0.374 e. The van der Waals surface area contributed by atoms with Crippen molar-refractivity contribution in [2.75, 3.05) is 0 Å². The highest BCUT2D eigenvalue weighted by molar-refractivity contribution is 6.30. The van der Waals surface area contributed by atoms with Gasteiger partial charge in [-0.1, -0.05) is 11.6 Å². The van der Waals surface area contributed by atoms with Gasteiger partial charge in [-0.2, -0.15) is 13.2 Å². The Balaban J connectivity index is 2.60. The lowest BCUT2D eigenvalue weighted by Crippen LogP contribution is -2.31. The molecule has 8 heteroatoms. The summed E-state index contributed by atoms with van der Waals surface area (Å²) < 4.78 is 37.2. The minimum atomic E-state index is -5.01. The van der Waals surface area contributed by atoms with Crippen LogP contribution in [0.1, 0.15) is 41.7 Å². The van der Waals surface area contributed by atoms with Crippen molar-refractivity contribution in [3.8, 4) is 0 Å². The number of halogens is 4. The van der Waals surface area contributed by atoms with Crippen LogP contribution in [0.3, 0.4) is 0 Å². The van der Waals surface area contributed by atoms with E-state index in [-0.39, 0.29) is 10.7 Å². The Kier molecular flexibility index (Phi) is 3.11. The lowest BCUT2D eigenvalue weighted by molar-refractivity contribution is -0.0888. The van der Waals surface area contributed by atoms with Gasteiger partial charge in [0.25, 0.3) is 5.78 Å². The van der Waals surface area contributed by atoms with E-state index in [1.165, 1.54) is 0 Å². The summed E-state index contributed by atoms with van der Waals surface area (Å²) in [7, 11) is 0. The molecule has 0 amide bonds. The van der Waals surface area contributed by atoms with Gasteiger partial charge in [0.1, 0.15) is 17.1 Å². The monoisotopic (exact) mass is 294 g/mol. The Hall–Kier alpha value is -1.18. The first-order valence-electron chi connectivity index (χ1n) is 5.32. The fraction of sp³-hybridized carbons (Fsp3) is 0.455. The lowest BCUT2D eigenvalue weighted by Gasteiger charge is -2.20. The quantitative estimate of drug-likeness (QED) is 0.616. The number of nitrogens with zero attached hydrogens (tertiary/aromatic N) is 1. The summed E-state index contributed by atoms with van der Waals surface area (Å²) in [6.07, 6.45) is -6.14. The first-order chi connectivity index (χ1) is 8.54. The number of carbonyl (C=O) groups is 1. The molecule has 4 nitrogen and oxygen atoms in total. The lowest BCUT2D eigenvalue weighted by atomic mass is 9.94. The standard InChI is InChI=1S/C11H10ClF3N2O2/c1-10(2)4-3-5(7(18)11(13,14)15)16-8(12)6(4)9(19)17-10/h3,9,17,19H,1-2H3. The Morgan fingerprint density at radius 3 is 2.63 bits per heavy atom. The highest BCUT2D eigenvalue weighted by Crippen LogP contribution is 2.40. The zero-order valence-electron chi connectivity index (χ0n) is 9.97. The van der Waals surface area contributed by atoms with E-state index in [4.69, 9.17) is 11.6 Å². The largest absolute Gasteiger partial charge is 0.456 e. The SMILES string of the molecule is CC1(C)NC(O)c2c1cc(C(=O)C(F)(F)F)nc2Cl. The van der Waals surface area contributed by atoms with Gasteiger partial charge in [0.15, 0.2) is 0 Å². The van der Waals surface area contributed by atoms with Gasteiger partial charge >= 0.3 is 6.18 Å². The van der Waals surface area contributed by atoms with Crippen molar-refractivity contribution >= 4 is 17.4 Å². The molecule has 0 radical (unpaired) electrons. The number of rotatable bonds is 1. The van der Waals surface area contributed by atoms with E-state index in [2.05, 4.69) is 10.3 Å². The van der Waals surface area contributed by atoms with Crippen molar-refractivity contribution in [3.05, 3.63) is 28.0 Å². The molecule has 0 bridgehead atoms. The predicted molar refractivity (Wildman–Crippen MR) is 60.8 cm³/mol. The normalized spacial score (nSPS) is 21.3. The molecule has 0 fully saturated rings. The van der Waals surface area contributed by atoms with E-state index in [0.717, 1.165) is 6.07 Å². The molecule has 1 aliphatic heterocycles. The minimum absolute atomic E-state index is 0.199. The number of carbonyl (C=O) groups excluding carboxylic acids is 1. The summed E-state index contributed by atoms with van der Waals surface area (Å²) in [5.74, 6) is -2.06. The van der Waals surface area contributed by atoms with E-state index >= 15 is 0 Å². The maximum absolute atomic E-state index is 12.4. The van der Waals surface area contributed by atoms with Crippen LogP contribution >= 0.6 is 11.6 Å². The number of nitrogens with one attached hydrogen (secondary N) is 1. The number of aliphatic hydroxyl groups is 1. The fourth-order valence-electron chi connectivity index (χ4n) is 2.05. The number of hydrogen-bond acceptors (Lipinski definition) is 4. The summed E-state index contributed by atoms with van der Waals surface area (Å²) in [5, 5.41) is 12.2. The molecule has 2 heterocycles. The van der Waals surface area contributed by atoms with Gasteiger partial charge in [0.2, 0.25) is 0 Å². The molecule has 1 aromatic heterocycles. The number of fused-ring (bicyclic) bond motifs is 1. The predicted octanol–water partition coefficient (Wildman–Crippen LogP) is 2.31. The second kappa shape index (κ2) is 4.16. The third kappa shape index (κ3) is 2.33. The van der Waals surface area contributed by atoms with Crippen LogP contribution in [0, 0.1) is 0 Å². The third-order valence-corrected chi connectivity index (χ3v) is 3.23. The van der Waals surface area contributed by atoms with Gasteiger partial charge < -0.3 is 5.11 Å². The molecule has 0 aromatic carbocycles. The maximum atomic E-state index is 12.4. The summed E-state index contributed by atoms with van der Waals surface area (Å²) in [5.41, 5.74) is -1.06. The van der Waals surface area contributed by atoms with Gasteiger partial charge in [0, 0.05) is 11.1 Å². The summed E-state index contributed by atoms with van der Waals surface area (Å²) >= 11 is 5.76. The van der Waals surface area contributed by atoms with Crippen LogP contribution in [0.15, 0.2) is 6.07 Å². The molecule has 2 rings (SSSR count). The molecule has 19 heavy (non-hydrogen) atoms. The number of hydrogen-bond donors (Lipinski definition) is 2. The fourth-order valence-corrected chi connectivity index (χ4v) is 2.35. The molecule has 1 aliphatic rings. The second-order valence-electron chi connectivity index (χ2n) is 4.76. The van der Waals surface area contributed by atoms with E-state index < -0.39 is 29.4 Å². The van der Waals surface area contributed by atoms with Crippen molar-refractivity contribution in [3.63, 3.8) is 0 Å². The van der Waals surface area contributed by atoms with Gasteiger partial charge in [-0.3, -0.25) is 10.1 Å². The summed E-state index contributed by atoms with van der Waals surface area (Å²) in [4.78, 5) is 14.6. The molecule has 0 saturated carbocycles. The second-order valence-corrected chi connectivity index (χ2v) is 5.12. The molecule has 0 aliphatic carbocycles. The Morgan fingerprint density at radius 2 is 2.11 bits per heavy atom. The topological polar surface area (TPSA) is 62.2 Å². The van der Waals surface area contributed by atoms with Crippen molar-refractivity contribution in [1.82, 2.24) is 10.3 Å². The number of ketones is 1. The van der Waals surface area contributed by atoms with E-state index in [0.29, 0.717) is 5.56 Å². The highest BCUT2D eigenvalue weighted by Gasteiger charge is 2.43. The molecule has 1 atom stereocenters. The molecule has 1 aromatic rings. The smallest absolute Gasteiger partial charge is 0.374 e. The van der Waals surface area contributed by atoms with Crippen molar-refractivity contribution in [2.45, 2.75) is 31.8 Å². The van der Waals surface area contributed by atoms with Gasteiger partial charge in [0.05, 0.1) is 0 Å². The Bertz CT molecular complexity index is 558. The van der Waals surface area contributed by atoms with E-state index in [1.807, 2.05) is 0 Å². The molecule has 0 spiro atoms. The van der Waals surface area contributed by atoms with Crippen LogP contribution in [0.4, 0.5) is 13.2 Å². The van der Waals surface area contributed by atoms with Crippen LogP contribution < -0.4 is 5.32 Å². The molecule has 0 saturated heterocycles. The number of alkyl halides is 3. The number of aliphatic hydroxyl groups excluding tert-OH is 1. The molecular weight excluding hydrogens is 285 g/mol. The Morgan fingerprint density at radius 1 is 1.53 bits per heavy atom. The van der Waals surface area contributed by atoms with Gasteiger partial charge in [-0.25, -0.2) is 4.98 Å². The summed E-state index contributed by atoms with van der Waals surface area (Å²) in [6, 6.07) is 1.01. The molecule has 1 unspecified atom stereocenters. The number of pyridine rings is 1. The van der Waals surface area contributed by atoms with Crippen LogP contribution in [0.2, 0.25) is 5.15 Å². The van der Waals surface area contributed by atoms with E-state index in [1.54, 1.807) is 13.8 Å². The molecule has 104 valence electrons. The number of Topliss-reactive ketones (excluding diaryl/α,β-unsaturated/α-hetero) is 1. The van der Waals surface area contributed by atoms with Crippen LogP contribution in [-0.2, 0) is 5.54 Å². The molecule has 2 N–H and O–H groups in total. The zero-order valence-corrected chi connectivity index (χ0v) is 10.7. The molecular formula is C11H10ClF3N2O2. The van der Waals surface area contributed by atoms with E-state index in [9.17, 15) is 23.1 Å². The summed E-state index contributed by atoms with van der Waals surface area (Å²) in [6.45, 7) is 3.31. The first-order valence-corrected chi connectivity index (χ1v) is 5.70. The van der Waals surface area contributed by atoms with Gasteiger partial charge in [-0.05, 0) is 25.5 Å². The first kappa shape index (κ1) is 14.2. The average molecular weight is 295 g/mol. The van der Waals surface area contributed by atoms with Crippen LogP contribution in [0.5, 0.6) is 0 Å². The third-order valence-electron chi connectivity index (χ3n) is 2.95. The zero-order chi connectivity index (χ0) is 14.6. The maximum Gasteiger partial charge on any atom is 0.456 e. The van der Waals surface area contributed by atoms with Gasteiger partial charge in [-0.15, -0.1) is 0 Å². The number of aromatic nitrogens is 1.